The topological polar surface area (TPSA) is 49.6 Å². The summed E-state index contributed by atoms with van der Waals surface area (Å²) in [6.07, 6.45) is 4.02. The molecule has 132 valence electrons. The van der Waals surface area contributed by atoms with Crippen molar-refractivity contribution in [1.82, 2.24) is 9.80 Å². The molecule has 0 radical (unpaired) electrons. The molecule has 0 aromatic heterocycles. The lowest BCUT2D eigenvalue weighted by molar-refractivity contribution is -0.138. The molecule has 1 saturated heterocycles. The molecule has 2 N–H and O–H groups in total. The first-order chi connectivity index (χ1) is 11.5. The summed E-state index contributed by atoms with van der Waals surface area (Å²) in [5.41, 5.74) is 7.32. The predicted octanol–water partition coefficient (Wildman–Crippen LogP) is 3.06. The maximum Gasteiger partial charge on any atom is 0.225 e. The van der Waals surface area contributed by atoms with Gasteiger partial charge in [-0.2, -0.15) is 0 Å². The quantitative estimate of drug-likeness (QED) is 0.912. The van der Waals surface area contributed by atoms with Gasteiger partial charge in [-0.25, -0.2) is 0 Å². The maximum absolute atomic E-state index is 12.7. The first-order valence-electron chi connectivity index (χ1n) is 9.08. The molecule has 4 nitrogen and oxygen atoms in total. The number of nitrogens with two attached hydrogens (primary N) is 1. The summed E-state index contributed by atoms with van der Waals surface area (Å²) in [5, 5.41) is 0.770. The summed E-state index contributed by atoms with van der Waals surface area (Å²) < 4.78 is 0. The van der Waals surface area contributed by atoms with Gasteiger partial charge in [-0.3, -0.25) is 9.69 Å². The van der Waals surface area contributed by atoms with Gasteiger partial charge in [0.05, 0.1) is 0 Å². The Morgan fingerprint density at radius 2 is 1.83 bits per heavy atom. The van der Waals surface area contributed by atoms with Crippen LogP contribution in [0.1, 0.15) is 44.2 Å². The minimum Gasteiger partial charge on any atom is -0.340 e. The van der Waals surface area contributed by atoms with Gasteiger partial charge >= 0.3 is 0 Å². The van der Waals surface area contributed by atoms with Crippen molar-refractivity contribution in [1.29, 1.82) is 0 Å². The van der Waals surface area contributed by atoms with Crippen molar-refractivity contribution in [3.8, 4) is 0 Å². The van der Waals surface area contributed by atoms with Gasteiger partial charge in [-0.15, -0.1) is 0 Å². The van der Waals surface area contributed by atoms with Crippen LogP contribution in [0.2, 0.25) is 5.02 Å². The Morgan fingerprint density at radius 3 is 2.46 bits per heavy atom. The highest BCUT2D eigenvalue weighted by molar-refractivity contribution is 6.30. The molecule has 2 fully saturated rings. The predicted molar refractivity (Wildman–Crippen MR) is 98.0 cm³/mol. The molecule has 1 aliphatic carbocycles. The van der Waals surface area contributed by atoms with Crippen LogP contribution in [0.15, 0.2) is 24.3 Å². The van der Waals surface area contributed by atoms with E-state index in [1.54, 1.807) is 0 Å². The largest absolute Gasteiger partial charge is 0.340 e. The highest BCUT2D eigenvalue weighted by Crippen LogP contribution is 2.27. The Bertz CT molecular complexity index is 554. The van der Waals surface area contributed by atoms with E-state index in [0.717, 1.165) is 56.9 Å². The van der Waals surface area contributed by atoms with Crippen molar-refractivity contribution in [2.75, 3.05) is 26.2 Å². The first kappa shape index (κ1) is 17.7. The van der Waals surface area contributed by atoms with Gasteiger partial charge in [0.1, 0.15) is 0 Å². The number of halogens is 1. The third-order valence-corrected chi connectivity index (χ3v) is 5.84. The first-order valence-corrected chi connectivity index (χ1v) is 9.46. The van der Waals surface area contributed by atoms with Crippen LogP contribution in [0.3, 0.4) is 0 Å². The lowest BCUT2D eigenvalue weighted by Gasteiger charge is -2.40. The number of carbonyl (C=O) groups excluding carboxylic acids is 1. The summed E-state index contributed by atoms with van der Waals surface area (Å²) in [5.74, 6) is 0.470. The molecule has 5 heteroatoms. The van der Waals surface area contributed by atoms with E-state index >= 15 is 0 Å². The molecule has 3 atom stereocenters. The molecule has 1 aromatic rings. The summed E-state index contributed by atoms with van der Waals surface area (Å²) in [4.78, 5) is 17.2. The minimum atomic E-state index is 0.147. The molecule has 1 saturated carbocycles. The van der Waals surface area contributed by atoms with Crippen LogP contribution < -0.4 is 5.73 Å². The standard InChI is InChI=1S/C19H28ClN3O/c1-14(15-5-7-17(20)8-6-15)22-9-11-23(12-10-22)19(24)16-3-2-4-18(21)13-16/h5-8,14,16,18H,2-4,9-13,21H2,1H3. The molecule has 1 aromatic carbocycles. The normalized spacial score (nSPS) is 27.0. The maximum atomic E-state index is 12.7. The molecular formula is C19H28ClN3O. The highest BCUT2D eigenvalue weighted by atomic mass is 35.5. The van der Waals surface area contributed by atoms with Gasteiger partial charge in [0.2, 0.25) is 5.91 Å². The van der Waals surface area contributed by atoms with E-state index in [2.05, 4.69) is 24.0 Å². The zero-order chi connectivity index (χ0) is 17.1. The van der Waals surface area contributed by atoms with Crippen molar-refractivity contribution < 1.29 is 4.79 Å². The Labute approximate surface area is 149 Å². The number of piperazine rings is 1. The number of benzene rings is 1. The van der Waals surface area contributed by atoms with Crippen LogP contribution in [0, 0.1) is 5.92 Å². The SMILES string of the molecule is CC(c1ccc(Cl)cc1)N1CCN(C(=O)C2CCCC(N)C2)CC1. The second kappa shape index (κ2) is 7.85. The number of hydrogen-bond acceptors (Lipinski definition) is 3. The second-order valence-corrected chi connectivity index (χ2v) is 7.65. The Hall–Kier alpha value is -1.10. The van der Waals surface area contributed by atoms with E-state index in [0.29, 0.717) is 11.9 Å². The number of carbonyl (C=O) groups is 1. The van der Waals surface area contributed by atoms with Gasteiger partial charge < -0.3 is 10.6 Å². The average molecular weight is 350 g/mol. The zero-order valence-electron chi connectivity index (χ0n) is 14.5. The van der Waals surface area contributed by atoms with Crippen LogP contribution >= 0.6 is 11.6 Å². The third kappa shape index (κ3) is 4.11. The molecule has 3 rings (SSSR count). The molecule has 1 heterocycles. The molecule has 1 amide bonds. The fourth-order valence-corrected chi connectivity index (χ4v) is 4.12. The zero-order valence-corrected chi connectivity index (χ0v) is 15.2. The van der Waals surface area contributed by atoms with Crippen LogP contribution in [-0.2, 0) is 4.79 Å². The molecule has 0 spiro atoms. The summed E-state index contributed by atoms with van der Waals surface area (Å²) in [6, 6.07) is 8.63. The lowest BCUT2D eigenvalue weighted by atomic mass is 9.85. The molecule has 2 aliphatic rings. The summed E-state index contributed by atoms with van der Waals surface area (Å²) >= 11 is 5.97. The fraction of sp³-hybridized carbons (Fsp3) is 0.632. The highest BCUT2D eigenvalue weighted by Gasteiger charge is 2.31. The monoisotopic (exact) mass is 349 g/mol. The number of rotatable bonds is 3. The van der Waals surface area contributed by atoms with Crippen LogP contribution in [0.25, 0.3) is 0 Å². The van der Waals surface area contributed by atoms with E-state index in [1.165, 1.54) is 5.56 Å². The van der Waals surface area contributed by atoms with Crippen LogP contribution in [-0.4, -0.2) is 47.9 Å². The molecule has 1 aliphatic heterocycles. The molecule has 3 unspecified atom stereocenters. The fourth-order valence-electron chi connectivity index (χ4n) is 3.99. The van der Waals surface area contributed by atoms with E-state index in [1.807, 2.05) is 17.0 Å². The minimum absolute atomic E-state index is 0.147. The average Bonchev–Trinajstić information content (AvgIpc) is 2.61. The molecule has 0 bridgehead atoms. The number of hydrogen-bond donors (Lipinski definition) is 1. The Morgan fingerprint density at radius 1 is 1.17 bits per heavy atom. The summed E-state index contributed by atoms with van der Waals surface area (Å²) in [6.45, 7) is 5.72. The number of nitrogens with zero attached hydrogens (tertiary/aromatic N) is 2. The van der Waals surface area contributed by atoms with Crippen molar-refractivity contribution in [3.05, 3.63) is 34.9 Å². The van der Waals surface area contributed by atoms with E-state index < -0.39 is 0 Å². The van der Waals surface area contributed by atoms with Crippen molar-refractivity contribution in [2.45, 2.75) is 44.7 Å². The van der Waals surface area contributed by atoms with Crippen molar-refractivity contribution in [2.24, 2.45) is 11.7 Å². The smallest absolute Gasteiger partial charge is 0.225 e. The van der Waals surface area contributed by atoms with Gasteiger partial charge in [-0.05, 0) is 43.9 Å². The van der Waals surface area contributed by atoms with Crippen molar-refractivity contribution in [3.63, 3.8) is 0 Å². The lowest BCUT2D eigenvalue weighted by Crippen LogP contribution is -2.51. The third-order valence-electron chi connectivity index (χ3n) is 5.59. The number of amides is 1. The molecular weight excluding hydrogens is 322 g/mol. The summed E-state index contributed by atoms with van der Waals surface area (Å²) in [7, 11) is 0. The van der Waals surface area contributed by atoms with E-state index in [9.17, 15) is 4.79 Å². The van der Waals surface area contributed by atoms with Gasteiger partial charge in [0, 0.05) is 49.2 Å². The molecule has 24 heavy (non-hydrogen) atoms. The van der Waals surface area contributed by atoms with Gasteiger partial charge in [0.15, 0.2) is 0 Å². The van der Waals surface area contributed by atoms with Gasteiger partial charge in [-0.1, -0.05) is 30.2 Å². The van der Waals surface area contributed by atoms with E-state index in [4.69, 9.17) is 17.3 Å². The van der Waals surface area contributed by atoms with Crippen molar-refractivity contribution >= 4 is 17.5 Å². The second-order valence-electron chi connectivity index (χ2n) is 7.21. The van der Waals surface area contributed by atoms with Crippen LogP contribution in [0.5, 0.6) is 0 Å². The van der Waals surface area contributed by atoms with Gasteiger partial charge in [0.25, 0.3) is 0 Å². The Balaban J connectivity index is 1.53. The van der Waals surface area contributed by atoms with Crippen LogP contribution in [0.4, 0.5) is 0 Å². The van der Waals surface area contributed by atoms with E-state index in [-0.39, 0.29) is 12.0 Å². The Kier molecular flexibility index (Phi) is 5.80.